The van der Waals surface area contributed by atoms with E-state index in [1.807, 2.05) is 45.0 Å². The Balaban J connectivity index is 1.79. The van der Waals surface area contributed by atoms with Crippen molar-refractivity contribution in [1.29, 1.82) is 0 Å². The number of hydrogen-bond donors (Lipinski definition) is 1. The maximum Gasteiger partial charge on any atom is 0.410 e. The van der Waals surface area contributed by atoms with Gasteiger partial charge in [-0.2, -0.15) is 0 Å². The van der Waals surface area contributed by atoms with Crippen molar-refractivity contribution in [1.82, 2.24) is 4.90 Å². The Morgan fingerprint density at radius 2 is 1.96 bits per heavy atom. The molecule has 1 saturated heterocycles. The number of nitrogens with zero attached hydrogens (tertiary/aromatic N) is 1. The van der Waals surface area contributed by atoms with E-state index in [-0.39, 0.29) is 17.9 Å². The lowest BCUT2D eigenvalue weighted by molar-refractivity contribution is -0.117. The third-order valence-corrected chi connectivity index (χ3v) is 4.07. The summed E-state index contributed by atoms with van der Waals surface area (Å²) in [5.74, 6) is 0.154. The molecule has 1 unspecified atom stereocenters. The Bertz CT molecular complexity index is 566. The first kappa shape index (κ1) is 17.8. The van der Waals surface area contributed by atoms with Crippen molar-refractivity contribution >= 4 is 33.6 Å². The number of amides is 2. The van der Waals surface area contributed by atoms with Crippen molar-refractivity contribution in [3.05, 3.63) is 28.7 Å². The number of hydrogen-bond acceptors (Lipinski definition) is 3. The molecule has 1 aromatic carbocycles. The van der Waals surface area contributed by atoms with Gasteiger partial charge in [0.1, 0.15) is 5.60 Å². The van der Waals surface area contributed by atoms with Crippen molar-refractivity contribution in [2.45, 2.75) is 39.2 Å². The van der Waals surface area contributed by atoms with Gasteiger partial charge in [0.25, 0.3) is 0 Å². The predicted molar refractivity (Wildman–Crippen MR) is 93.3 cm³/mol. The lowest BCUT2D eigenvalue weighted by atomic mass is 10.0. The van der Waals surface area contributed by atoms with Gasteiger partial charge < -0.3 is 15.0 Å². The number of carbonyl (C=O) groups excluding carboxylic acids is 2. The standard InChI is InChI=1S/C17H23BrN2O3/c1-17(2,3)23-16(22)20-9-8-12(11-20)10-15(21)19-14-6-4-13(18)5-7-14/h4-7,12H,8-11H2,1-3H3,(H,19,21). The fourth-order valence-corrected chi connectivity index (χ4v) is 2.76. The molecule has 126 valence electrons. The second kappa shape index (κ2) is 7.34. The lowest BCUT2D eigenvalue weighted by Crippen LogP contribution is -2.35. The van der Waals surface area contributed by atoms with Gasteiger partial charge in [0.15, 0.2) is 0 Å². The molecule has 2 amide bonds. The number of nitrogens with one attached hydrogen (secondary N) is 1. The third kappa shape index (κ3) is 5.86. The molecule has 1 aliphatic rings. The average Bonchev–Trinajstić information content (AvgIpc) is 2.88. The zero-order valence-corrected chi connectivity index (χ0v) is 15.4. The number of halogens is 1. The molecule has 1 atom stereocenters. The summed E-state index contributed by atoms with van der Waals surface area (Å²) in [6.45, 7) is 6.77. The summed E-state index contributed by atoms with van der Waals surface area (Å²) < 4.78 is 6.34. The maximum absolute atomic E-state index is 12.1. The van der Waals surface area contributed by atoms with Crippen LogP contribution in [0.4, 0.5) is 10.5 Å². The van der Waals surface area contributed by atoms with Crippen molar-refractivity contribution in [3.8, 4) is 0 Å². The van der Waals surface area contributed by atoms with Crippen molar-refractivity contribution in [2.24, 2.45) is 5.92 Å². The molecule has 1 N–H and O–H groups in total. The quantitative estimate of drug-likeness (QED) is 0.857. The van der Waals surface area contributed by atoms with E-state index in [1.165, 1.54) is 0 Å². The van der Waals surface area contributed by atoms with Crippen LogP contribution in [0.1, 0.15) is 33.6 Å². The maximum atomic E-state index is 12.1. The molecule has 0 spiro atoms. The molecule has 0 bridgehead atoms. The lowest BCUT2D eigenvalue weighted by Gasteiger charge is -2.24. The monoisotopic (exact) mass is 382 g/mol. The van der Waals surface area contributed by atoms with Gasteiger partial charge in [-0.1, -0.05) is 15.9 Å². The SMILES string of the molecule is CC(C)(C)OC(=O)N1CCC(CC(=O)Nc2ccc(Br)cc2)C1. The summed E-state index contributed by atoms with van der Waals surface area (Å²) in [6.07, 6.45) is 0.941. The average molecular weight is 383 g/mol. The largest absolute Gasteiger partial charge is 0.444 e. The molecule has 0 aliphatic carbocycles. The van der Waals surface area contributed by atoms with Gasteiger partial charge in [-0.25, -0.2) is 4.79 Å². The fraction of sp³-hybridized carbons (Fsp3) is 0.529. The van der Waals surface area contributed by atoms with E-state index in [4.69, 9.17) is 4.74 Å². The Hall–Kier alpha value is -1.56. The van der Waals surface area contributed by atoms with E-state index in [9.17, 15) is 9.59 Å². The van der Waals surface area contributed by atoms with Crippen LogP contribution in [0.3, 0.4) is 0 Å². The topological polar surface area (TPSA) is 58.6 Å². The number of rotatable bonds is 3. The first-order valence-electron chi connectivity index (χ1n) is 7.76. The van der Waals surface area contributed by atoms with Crippen LogP contribution in [0.2, 0.25) is 0 Å². The third-order valence-electron chi connectivity index (χ3n) is 3.54. The van der Waals surface area contributed by atoms with Gasteiger partial charge >= 0.3 is 6.09 Å². The smallest absolute Gasteiger partial charge is 0.410 e. The summed E-state index contributed by atoms with van der Waals surface area (Å²) in [7, 11) is 0. The molecule has 1 heterocycles. The Kier molecular flexibility index (Phi) is 5.68. The van der Waals surface area contributed by atoms with Crippen molar-refractivity contribution in [2.75, 3.05) is 18.4 Å². The zero-order chi connectivity index (χ0) is 17.0. The van der Waals surface area contributed by atoms with Gasteiger partial charge in [-0.3, -0.25) is 4.79 Å². The number of ether oxygens (including phenoxy) is 1. The van der Waals surface area contributed by atoms with E-state index in [0.717, 1.165) is 16.6 Å². The first-order chi connectivity index (χ1) is 10.7. The van der Waals surface area contributed by atoms with E-state index in [0.29, 0.717) is 19.5 Å². The second-order valence-electron chi connectivity index (χ2n) is 6.84. The van der Waals surface area contributed by atoms with Gasteiger partial charge in [-0.15, -0.1) is 0 Å². The Morgan fingerprint density at radius 1 is 1.30 bits per heavy atom. The highest BCUT2D eigenvalue weighted by Gasteiger charge is 2.30. The summed E-state index contributed by atoms with van der Waals surface area (Å²) in [4.78, 5) is 25.8. The minimum Gasteiger partial charge on any atom is -0.444 e. The van der Waals surface area contributed by atoms with Crippen LogP contribution in [0.5, 0.6) is 0 Å². The molecular formula is C17H23BrN2O3. The van der Waals surface area contributed by atoms with Crippen LogP contribution in [-0.4, -0.2) is 35.6 Å². The minimum atomic E-state index is -0.492. The normalized spacial score (nSPS) is 17.9. The zero-order valence-electron chi connectivity index (χ0n) is 13.8. The first-order valence-corrected chi connectivity index (χ1v) is 8.55. The van der Waals surface area contributed by atoms with E-state index in [2.05, 4.69) is 21.2 Å². The van der Waals surface area contributed by atoms with E-state index >= 15 is 0 Å². The molecule has 1 aromatic rings. The molecule has 0 radical (unpaired) electrons. The molecular weight excluding hydrogens is 360 g/mol. The van der Waals surface area contributed by atoms with Crippen molar-refractivity contribution < 1.29 is 14.3 Å². The summed E-state index contributed by atoms with van der Waals surface area (Å²) in [5.41, 5.74) is 0.286. The number of carbonyl (C=O) groups is 2. The number of likely N-dealkylation sites (tertiary alicyclic amines) is 1. The van der Waals surface area contributed by atoms with Crippen molar-refractivity contribution in [3.63, 3.8) is 0 Å². The Morgan fingerprint density at radius 3 is 2.57 bits per heavy atom. The van der Waals surface area contributed by atoms with Crippen LogP contribution in [-0.2, 0) is 9.53 Å². The predicted octanol–water partition coefficient (Wildman–Crippen LogP) is 4.03. The molecule has 6 heteroatoms. The van der Waals surface area contributed by atoms with Crippen LogP contribution in [0, 0.1) is 5.92 Å². The molecule has 1 aliphatic heterocycles. The summed E-state index contributed by atoms with van der Waals surface area (Å²) in [5, 5.41) is 2.88. The summed E-state index contributed by atoms with van der Waals surface area (Å²) in [6, 6.07) is 7.47. The van der Waals surface area contributed by atoms with Gasteiger partial charge in [0.2, 0.25) is 5.91 Å². The molecule has 0 saturated carbocycles. The molecule has 1 fully saturated rings. The Labute approximate surface area is 145 Å². The molecule has 23 heavy (non-hydrogen) atoms. The highest BCUT2D eigenvalue weighted by atomic mass is 79.9. The molecule has 0 aromatic heterocycles. The highest BCUT2D eigenvalue weighted by Crippen LogP contribution is 2.23. The fourth-order valence-electron chi connectivity index (χ4n) is 2.50. The summed E-state index contributed by atoms with van der Waals surface area (Å²) >= 11 is 3.36. The van der Waals surface area contributed by atoms with E-state index < -0.39 is 5.60 Å². The molecule has 2 rings (SSSR count). The number of anilines is 1. The van der Waals surface area contributed by atoms with Crippen LogP contribution in [0.15, 0.2) is 28.7 Å². The highest BCUT2D eigenvalue weighted by molar-refractivity contribution is 9.10. The van der Waals surface area contributed by atoms with Crippen LogP contribution < -0.4 is 5.32 Å². The van der Waals surface area contributed by atoms with Gasteiger partial charge in [0, 0.05) is 29.7 Å². The minimum absolute atomic E-state index is 0.0247. The van der Waals surface area contributed by atoms with E-state index in [1.54, 1.807) is 4.90 Å². The van der Waals surface area contributed by atoms with Gasteiger partial charge in [0.05, 0.1) is 0 Å². The molecule has 5 nitrogen and oxygen atoms in total. The van der Waals surface area contributed by atoms with Gasteiger partial charge in [-0.05, 0) is 57.4 Å². The second-order valence-corrected chi connectivity index (χ2v) is 7.76. The van der Waals surface area contributed by atoms with Crippen LogP contribution >= 0.6 is 15.9 Å². The number of benzene rings is 1. The van der Waals surface area contributed by atoms with Crippen LogP contribution in [0.25, 0.3) is 0 Å².